The Bertz CT molecular complexity index is 739. The average molecular weight is 504 g/mol. The predicted octanol–water partition coefficient (Wildman–Crippen LogP) is 3.37. The van der Waals surface area contributed by atoms with Crippen LogP contribution in [0.3, 0.4) is 0 Å². The van der Waals surface area contributed by atoms with E-state index in [0.717, 1.165) is 0 Å². The summed E-state index contributed by atoms with van der Waals surface area (Å²) in [5.41, 5.74) is 0.931. The third-order valence-corrected chi connectivity index (χ3v) is 3.28. The number of halogens is 3. The van der Waals surface area contributed by atoms with Crippen LogP contribution in [0.4, 0.5) is 0 Å². The fraction of sp³-hybridized carbons (Fsp3) is 0.263. The average Bonchev–Trinajstić information content (AvgIpc) is 2.66. The van der Waals surface area contributed by atoms with Gasteiger partial charge in [0.2, 0.25) is 0 Å². The summed E-state index contributed by atoms with van der Waals surface area (Å²) in [7, 11) is 2.91. The molecule has 0 radical (unpaired) electrons. The van der Waals surface area contributed by atoms with Gasteiger partial charge >= 0.3 is 16.5 Å². The predicted molar refractivity (Wildman–Crippen MR) is 111 cm³/mol. The van der Waals surface area contributed by atoms with Gasteiger partial charge in [0, 0.05) is 12.4 Å². The molecule has 0 saturated carbocycles. The van der Waals surface area contributed by atoms with Gasteiger partial charge in [0.1, 0.15) is 11.5 Å². The molecule has 0 aliphatic carbocycles. The first-order valence-corrected chi connectivity index (χ1v) is 9.31. The van der Waals surface area contributed by atoms with Gasteiger partial charge in [-0.3, -0.25) is 9.98 Å². The van der Waals surface area contributed by atoms with Crippen molar-refractivity contribution >= 4 is 47.2 Å². The Morgan fingerprint density at radius 2 is 1.17 bits per heavy atom. The number of ether oxygens (including phenoxy) is 2. The van der Waals surface area contributed by atoms with Gasteiger partial charge in [-0.1, -0.05) is 70.6 Å². The molecule has 0 amide bonds. The van der Waals surface area contributed by atoms with Gasteiger partial charge in [0.15, 0.2) is 4.30 Å². The van der Waals surface area contributed by atoms with Gasteiger partial charge in [0.05, 0.1) is 27.3 Å². The number of rotatable bonds is 7. The van der Waals surface area contributed by atoms with Crippen LogP contribution in [0.1, 0.15) is 11.1 Å². The Labute approximate surface area is 195 Å². The van der Waals surface area contributed by atoms with E-state index in [1.807, 2.05) is 0 Å². The minimum absolute atomic E-state index is 0. The van der Waals surface area contributed by atoms with E-state index in [0.29, 0.717) is 24.2 Å². The van der Waals surface area contributed by atoms with Gasteiger partial charge in [-0.2, -0.15) is 0 Å². The molecule has 10 heteroatoms. The van der Waals surface area contributed by atoms with Crippen LogP contribution in [-0.4, -0.2) is 44.0 Å². The molecule has 0 bridgehead atoms. The van der Waals surface area contributed by atoms with Gasteiger partial charge in [-0.15, -0.1) is 0 Å². The summed E-state index contributed by atoms with van der Waals surface area (Å²) in [6.45, 7) is 0.816. The van der Waals surface area contributed by atoms with Crippen molar-refractivity contribution in [1.82, 2.24) is 0 Å². The summed E-state index contributed by atoms with van der Waals surface area (Å²) in [6.07, 6.45) is 3.01. The van der Waals surface area contributed by atoms with E-state index < -0.39 is 4.30 Å². The molecule has 29 heavy (non-hydrogen) atoms. The van der Waals surface area contributed by atoms with Crippen molar-refractivity contribution in [3.8, 4) is 23.0 Å². The molecule has 2 rings (SSSR count). The number of benzene rings is 2. The van der Waals surface area contributed by atoms with E-state index in [4.69, 9.17) is 44.3 Å². The summed E-state index contributed by atoms with van der Waals surface area (Å²) in [4.78, 5) is 8.34. The second kappa shape index (κ2) is 15.2. The number of para-hydroxylation sites is 2. The Hall–Kier alpha value is -1.66. The largest absolute Gasteiger partial charge is 2.00 e. The van der Waals surface area contributed by atoms with Crippen molar-refractivity contribution < 1.29 is 36.2 Å². The maximum absolute atomic E-state index is 11.9. The molecule has 0 N–H and O–H groups in total. The van der Waals surface area contributed by atoms with E-state index in [1.54, 1.807) is 36.4 Å². The maximum Gasteiger partial charge on any atom is 2.00 e. The first kappa shape index (κ1) is 27.3. The first-order chi connectivity index (χ1) is 13.4. The van der Waals surface area contributed by atoms with Crippen molar-refractivity contribution in [3.05, 3.63) is 47.5 Å². The number of nitrogens with zero attached hydrogens (tertiary/aromatic N) is 2. The number of methoxy groups -OCH3 is 2. The molecule has 2 aromatic carbocycles. The Morgan fingerprint density at radius 3 is 1.48 bits per heavy atom. The Morgan fingerprint density at radius 1 is 0.828 bits per heavy atom. The minimum Gasteiger partial charge on any atom is -0.870 e. The fourth-order valence-electron chi connectivity index (χ4n) is 2.03. The van der Waals surface area contributed by atoms with Crippen molar-refractivity contribution in [2.45, 2.75) is 4.30 Å². The third-order valence-electron chi connectivity index (χ3n) is 3.28. The molecule has 0 heterocycles. The molecular formula is C19H19Cl3N2NiO4. The van der Waals surface area contributed by atoms with Crippen LogP contribution in [0.5, 0.6) is 23.0 Å². The molecule has 2 aromatic rings. The van der Waals surface area contributed by atoms with Gasteiger partial charge < -0.3 is 19.7 Å². The van der Waals surface area contributed by atoms with Crippen LogP contribution in [0.15, 0.2) is 46.4 Å². The Kier molecular flexibility index (Phi) is 14.3. The maximum atomic E-state index is 11.9. The number of hydrogen-bond donors (Lipinski definition) is 0. The topological polar surface area (TPSA) is 89.3 Å². The number of aliphatic imine (C=N–C) groups is 2. The zero-order chi connectivity index (χ0) is 20.9. The first-order valence-electron chi connectivity index (χ1n) is 8.00. The molecule has 0 atom stereocenters. The number of hydrogen-bond acceptors (Lipinski definition) is 6. The smallest absolute Gasteiger partial charge is 0.870 e. The van der Waals surface area contributed by atoms with Crippen LogP contribution >= 0.6 is 34.8 Å². The molecule has 0 fully saturated rings. The standard InChI is InChI=1S/C18H20N2O4.CHCl3.Ni/c1-23-15-7-3-5-13(17(15)21)11-19-9-10-20-12-14-6-4-8-16(24-2)18(14)22;2-1(3)4;/h3-8,11-12,21-22H,9-10H2,1-2H3;1H;/q;;+2/p-2. The molecule has 0 saturated heterocycles. The van der Waals surface area contributed by atoms with E-state index in [9.17, 15) is 10.2 Å². The van der Waals surface area contributed by atoms with Crippen LogP contribution in [0, 0.1) is 0 Å². The summed E-state index contributed by atoms with van der Waals surface area (Å²) >= 11 is 14.4. The molecule has 0 aliphatic heterocycles. The summed E-state index contributed by atoms with van der Waals surface area (Å²) in [5, 5.41) is 23.8. The molecule has 0 spiro atoms. The summed E-state index contributed by atoms with van der Waals surface area (Å²) < 4.78 is 9.19. The second-order valence-corrected chi connectivity index (χ2v) is 7.05. The molecule has 0 unspecified atom stereocenters. The second-order valence-electron chi connectivity index (χ2n) is 5.08. The van der Waals surface area contributed by atoms with Crippen molar-refractivity contribution in [2.75, 3.05) is 27.3 Å². The number of alkyl halides is 3. The van der Waals surface area contributed by atoms with Crippen LogP contribution in [0.25, 0.3) is 0 Å². The monoisotopic (exact) mass is 502 g/mol. The van der Waals surface area contributed by atoms with Crippen molar-refractivity contribution in [3.63, 3.8) is 0 Å². The van der Waals surface area contributed by atoms with E-state index >= 15 is 0 Å². The third kappa shape index (κ3) is 10.1. The molecule has 0 aliphatic rings. The molecule has 160 valence electrons. The van der Waals surface area contributed by atoms with Gasteiger partial charge in [-0.05, 0) is 23.3 Å². The van der Waals surface area contributed by atoms with E-state index in [2.05, 4.69) is 9.98 Å². The summed E-state index contributed by atoms with van der Waals surface area (Å²) in [5.74, 6) is 0.190. The van der Waals surface area contributed by atoms with E-state index in [-0.39, 0.29) is 39.5 Å². The van der Waals surface area contributed by atoms with Crippen LogP contribution in [0.2, 0.25) is 0 Å². The Balaban J connectivity index is 0.00000143. The SMILES string of the molecule is COc1cccc(C=NCCN=Cc2cccc(OC)c2[O-])c1[O-].ClC(Cl)Cl.[Ni+2]. The van der Waals surface area contributed by atoms with E-state index in [1.165, 1.54) is 26.6 Å². The quantitative estimate of drug-likeness (QED) is 0.250. The molecule has 6 nitrogen and oxygen atoms in total. The van der Waals surface area contributed by atoms with Gasteiger partial charge in [-0.25, -0.2) is 0 Å². The van der Waals surface area contributed by atoms with Crippen molar-refractivity contribution in [2.24, 2.45) is 9.98 Å². The minimum atomic E-state index is -0.750. The molecular weight excluding hydrogens is 485 g/mol. The summed E-state index contributed by atoms with van der Waals surface area (Å²) in [6, 6.07) is 10.0. The zero-order valence-corrected chi connectivity index (χ0v) is 18.8. The fourth-order valence-corrected chi connectivity index (χ4v) is 2.03. The van der Waals surface area contributed by atoms with Crippen LogP contribution < -0.4 is 19.7 Å². The zero-order valence-electron chi connectivity index (χ0n) is 15.6. The normalized spacial score (nSPS) is 10.6. The van der Waals surface area contributed by atoms with Crippen LogP contribution in [-0.2, 0) is 16.5 Å². The molecule has 0 aromatic heterocycles. The van der Waals surface area contributed by atoms with Crippen molar-refractivity contribution in [1.29, 1.82) is 0 Å². The van der Waals surface area contributed by atoms with Gasteiger partial charge in [0.25, 0.3) is 0 Å².